The molecule has 2 rings (SSSR count). The molecule has 0 aliphatic rings. The summed E-state index contributed by atoms with van der Waals surface area (Å²) in [5, 5.41) is 2.11. The molecule has 0 fully saturated rings. The number of allylic oxidation sites excluding steroid dienone is 2. The van der Waals surface area contributed by atoms with Gasteiger partial charge in [-0.2, -0.15) is 0 Å². The molecule has 0 amide bonds. The lowest BCUT2D eigenvalue weighted by atomic mass is 10.0. The van der Waals surface area contributed by atoms with Gasteiger partial charge in [-0.3, -0.25) is 0 Å². The topological polar surface area (TPSA) is 46.2 Å². The SMILES string of the molecule is CC(C)(CCCCCCC/C=C\CCCCN)[Si](O)(c1ccccc1)c1ccccc1. The predicted octanol–water partition coefficient (Wildman–Crippen LogP) is 5.93. The fraction of sp³-hybridized carbons (Fsp3) is 0.500. The molecule has 0 unspecified atom stereocenters. The third-order valence-electron chi connectivity index (χ3n) is 6.53. The van der Waals surface area contributed by atoms with Crippen LogP contribution in [0.1, 0.15) is 78.1 Å². The monoisotopic (exact) mass is 437 g/mol. The zero-order chi connectivity index (χ0) is 22.4. The van der Waals surface area contributed by atoms with Crippen molar-refractivity contribution < 1.29 is 4.80 Å². The van der Waals surface area contributed by atoms with Crippen molar-refractivity contribution in [1.82, 2.24) is 0 Å². The van der Waals surface area contributed by atoms with Gasteiger partial charge in [0.25, 0.3) is 8.32 Å². The van der Waals surface area contributed by atoms with Crippen molar-refractivity contribution >= 4 is 18.7 Å². The van der Waals surface area contributed by atoms with Gasteiger partial charge in [-0.05, 0) is 60.5 Å². The molecule has 0 bridgehead atoms. The number of nitrogens with two attached hydrogens (primary N) is 1. The van der Waals surface area contributed by atoms with Gasteiger partial charge in [-0.25, -0.2) is 0 Å². The highest BCUT2D eigenvalue weighted by Gasteiger charge is 2.49. The minimum atomic E-state index is -2.85. The Balaban J connectivity index is 1.83. The van der Waals surface area contributed by atoms with Crippen molar-refractivity contribution in [3.63, 3.8) is 0 Å². The third kappa shape index (κ3) is 7.75. The molecule has 31 heavy (non-hydrogen) atoms. The summed E-state index contributed by atoms with van der Waals surface area (Å²) in [6.45, 7) is 5.35. The molecule has 0 spiro atoms. The van der Waals surface area contributed by atoms with Crippen LogP contribution in [0.5, 0.6) is 0 Å². The molecule has 0 saturated heterocycles. The molecule has 2 aromatic carbocycles. The van der Waals surface area contributed by atoms with Crippen molar-refractivity contribution in [1.29, 1.82) is 0 Å². The number of hydrogen-bond donors (Lipinski definition) is 2. The Morgan fingerprint density at radius 1 is 0.710 bits per heavy atom. The molecule has 0 aliphatic heterocycles. The van der Waals surface area contributed by atoms with Gasteiger partial charge in [0.1, 0.15) is 0 Å². The maximum Gasteiger partial charge on any atom is 0.258 e. The number of benzene rings is 2. The first kappa shape index (κ1) is 25.6. The summed E-state index contributed by atoms with van der Waals surface area (Å²) in [5.41, 5.74) is 5.52. The van der Waals surface area contributed by atoms with Gasteiger partial charge in [-0.1, -0.05) is 112 Å². The molecule has 170 valence electrons. The Kier molecular flexibility index (Phi) is 11.3. The molecule has 0 heterocycles. The Labute approximate surface area is 191 Å². The van der Waals surface area contributed by atoms with E-state index in [4.69, 9.17) is 5.73 Å². The molecule has 2 nitrogen and oxygen atoms in total. The minimum absolute atomic E-state index is 0.123. The van der Waals surface area contributed by atoms with E-state index in [1.807, 2.05) is 12.1 Å². The molecule has 0 saturated carbocycles. The van der Waals surface area contributed by atoms with E-state index in [-0.39, 0.29) is 5.04 Å². The highest BCUT2D eigenvalue weighted by molar-refractivity contribution is 6.98. The van der Waals surface area contributed by atoms with Gasteiger partial charge in [0.05, 0.1) is 0 Å². The van der Waals surface area contributed by atoms with Gasteiger partial charge in [0, 0.05) is 0 Å². The summed E-state index contributed by atoms with van der Waals surface area (Å²) in [6, 6.07) is 20.7. The van der Waals surface area contributed by atoms with Crippen LogP contribution >= 0.6 is 0 Å². The van der Waals surface area contributed by atoms with E-state index < -0.39 is 8.32 Å². The first-order valence-electron chi connectivity index (χ1n) is 12.2. The van der Waals surface area contributed by atoms with Crippen molar-refractivity contribution in [2.45, 2.75) is 83.1 Å². The van der Waals surface area contributed by atoms with Crippen LogP contribution in [0, 0.1) is 0 Å². The second-order valence-electron chi connectivity index (χ2n) is 9.39. The van der Waals surface area contributed by atoms with Gasteiger partial charge in [0.2, 0.25) is 0 Å². The van der Waals surface area contributed by atoms with E-state index in [0.29, 0.717) is 0 Å². The second-order valence-corrected chi connectivity index (χ2v) is 13.3. The first-order chi connectivity index (χ1) is 15.0. The second kappa shape index (κ2) is 13.7. The third-order valence-corrected chi connectivity index (χ3v) is 11.1. The van der Waals surface area contributed by atoms with Gasteiger partial charge < -0.3 is 10.5 Å². The summed E-state index contributed by atoms with van der Waals surface area (Å²) >= 11 is 0. The molecule has 3 heteroatoms. The van der Waals surface area contributed by atoms with Crippen LogP contribution < -0.4 is 16.1 Å². The first-order valence-corrected chi connectivity index (χ1v) is 14.2. The van der Waals surface area contributed by atoms with E-state index in [0.717, 1.165) is 29.8 Å². The predicted molar refractivity (Wildman–Crippen MR) is 139 cm³/mol. The smallest absolute Gasteiger partial charge is 0.258 e. The standard InChI is InChI=1S/C28H43NOSi/c1-28(2,24-18-10-8-6-4-3-5-7-9-11-19-25-29)31(30,26-20-14-12-15-21-26)27-22-16-13-17-23-27/h5,7,12-17,20-23,30H,3-4,6,8-11,18-19,24-25,29H2,1-2H3/b7-5-. The minimum Gasteiger partial charge on any atom is -0.424 e. The molecule has 2 aromatic rings. The fourth-order valence-electron chi connectivity index (χ4n) is 4.49. The summed E-state index contributed by atoms with van der Waals surface area (Å²) < 4.78 is 0. The van der Waals surface area contributed by atoms with Gasteiger partial charge >= 0.3 is 0 Å². The van der Waals surface area contributed by atoms with Crippen LogP contribution in [-0.2, 0) is 0 Å². The average molecular weight is 438 g/mol. The number of rotatable bonds is 15. The van der Waals surface area contributed by atoms with Crippen LogP contribution in [0.15, 0.2) is 72.8 Å². The molecule has 3 N–H and O–H groups in total. The van der Waals surface area contributed by atoms with Gasteiger partial charge in [0.15, 0.2) is 0 Å². The number of unbranched alkanes of at least 4 members (excludes halogenated alkanes) is 7. The zero-order valence-corrected chi connectivity index (χ0v) is 20.7. The van der Waals surface area contributed by atoms with E-state index in [9.17, 15) is 4.80 Å². The van der Waals surface area contributed by atoms with Crippen LogP contribution in [0.2, 0.25) is 5.04 Å². The van der Waals surface area contributed by atoms with Crippen molar-refractivity contribution in [3.8, 4) is 0 Å². The average Bonchev–Trinajstić information content (AvgIpc) is 2.80. The van der Waals surface area contributed by atoms with Crippen LogP contribution in [0.4, 0.5) is 0 Å². The zero-order valence-electron chi connectivity index (χ0n) is 19.7. The van der Waals surface area contributed by atoms with Crippen molar-refractivity contribution in [2.24, 2.45) is 5.73 Å². The maximum atomic E-state index is 12.2. The largest absolute Gasteiger partial charge is 0.424 e. The molecule has 0 aliphatic carbocycles. The number of hydrogen-bond acceptors (Lipinski definition) is 2. The Bertz CT molecular complexity index is 703. The lowest BCUT2D eigenvalue weighted by molar-refractivity contribution is 0.446. The Hall–Kier alpha value is -1.68. The van der Waals surface area contributed by atoms with E-state index in [1.165, 1.54) is 51.4 Å². The molecular weight excluding hydrogens is 394 g/mol. The van der Waals surface area contributed by atoms with Crippen LogP contribution in [-0.4, -0.2) is 19.7 Å². The Morgan fingerprint density at radius 2 is 1.16 bits per heavy atom. The van der Waals surface area contributed by atoms with Crippen LogP contribution in [0.3, 0.4) is 0 Å². The normalized spacial score (nSPS) is 12.5. The van der Waals surface area contributed by atoms with Crippen molar-refractivity contribution in [3.05, 3.63) is 72.8 Å². The molecule has 0 radical (unpaired) electrons. The summed E-state index contributed by atoms with van der Waals surface area (Å²) in [5.74, 6) is 0. The van der Waals surface area contributed by atoms with Gasteiger partial charge in [-0.15, -0.1) is 0 Å². The maximum absolute atomic E-state index is 12.2. The molecule has 0 atom stereocenters. The van der Waals surface area contributed by atoms with Crippen LogP contribution in [0.25, 0.3) is 0 Å². The highest BCUT2D eigenvalue weighted by Crippen LogP contribution is 2.40. The summed E-state index contributed by atoms with van der Waals surface area (Å²) in [7, 11) is -2.85. The summed E-state index contributed by atoms with van der Waals surface area (Å²) in [6.07, 6.45) is 16.7. The van der Waals surface area contributed by atoms with E-state index in [2.05, 4.69) is 74.5 Å². The molecular formula is C28H43NOSi. The lowest BCUT2D eigenvalue weighted by Gasteiger charge is -2.41. The Morgan fingerprint density at radius 3 is 1.68 bits per heavy atom. The van der Waals surface area contributed by atoms with E-state index in [1.54, 1.807) is 0 Å². The quantitative estimate of drug-likeness (QED) is 0.206. The molecule has 0 aromatic heterocycles. The lowest BCUT2D eigenvalue weighted by Crippen LogP contribution is -2.65. The fourth-order valence-corrected chi connectivity index (χ4v) is 8.27. The summed E-state index contributed by atoms with van der Waals surface area (Å²) in [4.78, 5) is 12.2. The van der Waals surface area contributed by atoms with Crippen molar-refractivity contribution in [2.75, 3.05) is 6.54 Å². The highest BCUT2D eigenvalue weighted by atomic mass is 28.4. The van der Waals surface area contributed by atoms with E-state index >= 15 is 0 Å².